The molecule has 15 heterocycles. The van der Waals surface area contributed by atoms with E-state index >= 15 is 0 Å². The van der Waals surface area contributed by atoms with Gasteiger partial charge in [0.15, 0.2) is 36.0 Å². The zero-order chi connectivity index (χ0) is 84.8. The average molecular weight is 1630 g/mol. The van der Waals surface area contributed by atoms with Crippen molar-refractivity contribution in [3.05, 3.63) is 357 Å². The maximum Gasteiger partial charge on any atom is 0.286 e. The molecule has 0 N–H and O–H groups in total. The summed E-state index contributed by atoms with van der Waals surface area (Å²) in [5.41, 5.74) is 30.0. The van der Waals surface area contributed by atoms with Gasteiger partial charge in [-0.1, -0.05) is 102 Å². The molecular weight excluding hydrogens is 1540 g/mol. The lowest BCUT2D eigenvalue weighted by Gasteiger charge is -2.06. The van der Waals surface area contributed by atoms with Crippen LogP contribution >= 0.6 is 0 Å². The van der Waals surface area contributed by atoms with Crippen LogP contribution in [0, 0.1) is 34.6 Å². The molecule has 16 heteroatoms. The predicted octanol–water partition coefficient (Wildman–Crippen LogP) is 24.1. The molecule has 0 atom stereocenters. The number of benzene rings is 10. The molecule has 0 unspecified atom stereocenters. The first-order valence-electron chi connectivity index (χ1n) is 41.7. The van der Waals surface area contributed by atoms with Crippen molar-refractivity contribution in [1.29, 1.82) is 0 Å². The van der Waals surface area contributed by atoms with Crippen LogP contribution < -0.4 is 22.8 Å². The first kappa shape index (κ1) is 76.3. The molecule has 16 nitrogen and oxygen atoms in total. The Morgan fingerprint density at radius 1 is 0.240 bits per heavy atom. The maximum atomic E-state index is 6.35. The van der Waals surface area contributed by atoms with Crippen LogP contribution in [0.3, 0.4) is 0 Å². The van der Waals surface area contributed by atoms with Gasteiger partial charge in [0.1, 0.15) is 84.7 Å². The summed E-state index contributed by atoms with van der Waals surface area (Å²) in [4.78, 5) is 26.7. The molecule has 0 fully saturated rings. The van der Waals surface area contributed by atoms with E-state index in [0.29, 0.717) is 5.71 Å². The third-order valence-electron chi connectivity index (χ3n) is 24.3. The molecule has 0 aliphatic rings. The number of aromatic nitrogens is 11. The minimum absolute atomic E-state index is 0.678. The third kappa shape index (κ3) is 13.6. The Morgan fingerprint density at radius 2 is 0.592 bits per heavy atom. The fourth-order valence-corrected chi connectivity index (χ4v) is 17.9. The molecule has 0 aliphatic carbocycles. The van der Waals surface area contributed by atoms with Gasteiger partial charge in [-0.15, -0.1) is 0 Å². The standard InChI is InChI=1S/4C22H17N2O.C21H16N3O/c1-14-8-9-16-17-13-18-15(6-5-10-23-18)12-20(17)25-22(16)21(14)19-7-3-4-11-24(19)2;1-14-10-11-16-21-19(13-15-7-3-4-8-17(15)23-21)25-22(16)20(14)18-9-5-6-12-24(18)2;1-14-6-7-17-18-11-16-13-23-9-8-15(16)12-20(18)25-22(17)21(14)19-5-3-4-10-24(19)2;1-14-6-7-17-18-11-15-8-9-23-13-16(15)12-20(18)25-22(17)21(14)19-5-3-4-10-24(19)2;1-13-7-8-15-16-11-14-5-3-4-6-17(14)23-21(16)25-20(15)19(13)18-9-10-22-12-24(18)2/h4*3-13H,1-2H3;3-12H,1-2H3/q5*+1. The number of rotatable bonds is 5. The minimum Gasteiger partial charge on any atom is -0.455 e. The summed E-state index contributed by atoms with van der Waals surface area (Å²) in [7, 11) is 10.2. The number of hydrogen-bond acceptors (Lipinski definition) is 11. The van der Waals surface area contributed by atoms with Gasteiger partial charge < -0.3 is 22.1 Å². The largest absolute Gasteiger partial charge is 0.455 e. The van der Waals surface area contributed by atoms with Gasteiger partial charge in [0.2, 0.25) is 28.5 Å². The van der Waals surface area contributed by atoms with E-state index in [1.54, 1.807) is 0 Å². The normalized spacial score (nSPS) is 11.6. The van der Waals surface area contributed by atoms with Crippen molar-refractivity contribution in [2.24, 2.45) is 35.2 Å². The van der Waals surface area contributed by atoms with Gasteiger partial charge in [-0.05, 0) is 182 Å². The fraction of sp³-hybridized carbons (Fsp3) is 0.0917. The summed E-state index contributed by atoms with van der Waals surface area (Å²) in [6, 6.07) is 89.8. The van der Waals surface area contributed by atoms with E-state index in [-0.39, 0.29) is 0 Å². The molecule has 600 valence electrons. The summed E-state index contributed by atoms with van der Waals surface area (Å²) in [5, 5.41) is 17.9. The molecule has 0 spiro atoms. The van der Waals surface area contributed by atoms with Crippen LogP contribution in [0.25, 0.3) is 220 Å². The minimum atomic E-state index is 0.678. The summed E-state index contributed by atoms with van der Waals surface area (Å²) in [6.45, 7) is 10.6. The molecule has 10 aromatic carbocycles. The van der Waals surface area contributed by atoms with E-state index in [2.05, 4.69) is 302 Å². The Kier molecular flexibility index (Phi) is 19.0. The van der Waals surface area contributed by atoms with Crippen molar-refractivity contribution in [3.63, 3.8) is 0 Å². The third-order valence-corrected chi connectivity index (χ3v) is 24.3. The van der Waals surface area contributed by atoms with Gasteiger partial charge in [-0.25, -0.2) is 32.8 Å². The van der Waals surface area contributed by atoms with Gasteiger partial charge in [0.25, 0.3) is 6.33 Å². The van der Waals surface area contributed by atoms with Crippen molar-refractivity contribution in [1.82, 2.24) is 29.9 Å². The van der Waals surface area contributed by atoms with E-state index in [9.17, 15) is 0 Å². The topological polar surface area (TPSA) is 162 Å². The second-order valence-corrected chi connectivity index (χ2v) is 32.3. The Morgan fingerprint density at radius 3 is 1.10 bits per heavy atom. The smallest absolute Gasteiger partial charge is 0.286 e. The molecule has 0 saturated carbocycles. The summed E-state index contributed by atoms with van der Waals surface area (Å²) < 4.78 is 42.1. The fourth-order valence-electron chi connectivity index (χ4n) is 17.9. The molecule has 125 heavy (non-hydrogen) atoms. The van der Waals surface area contributed by atoms with Crippen LogP contribution in [0.5, 0.6) is 0 Å². The Labute approximate surface area is 717 Å². The van der Waals surface area contributed by atoms with Crippen molar-refractivity contribution in [2.75, 3.05) is 0 Å². The Balaban J connectivity index is 0.0000000956. The van der Waals surface area contributed by atoms with E-state index in [1.165, 1.54) is 27.6 Å². The van der Waals surface area contributed by atoms with Gasteiger partial charge in [-0.3, -0.25) is 15.0 Å². The van der Waals surface area contributed by atoms with Gasteiger partial charge in [-0.2, -0.15) is 0 Å². The summed E-state index contributed by atoms with van der Waals surface area (Å²) >= 11 is 0. The molecule has 25 rings (SSSR count). The number of pyridine rings is 9. The van der Waals surface area contributed by atoms with Gasteiger partial charge >= 0.3 is 0 Å². The molecule has 0 radical (unpaired) electrons. The zero-order valence-electron chi connectivity index (χ0n) is 70.6. The molecule has 0 saturated heterocycles. The average Bonchev–Trinajstić information content (AvgIpc) is 1.62. The molecule has 0 amide bonds. The number of fused-ring (bicyclic) bond motifs is 20. The van der Waals surface area contributed by atoms with Crippen molar-refractivity contribution in [3.8, 4) is 56.3 Å². The van der Waals surface area contributed by atoms with Crippen LogP contribution in [0.15, 0.2) is 351 Å². The monoisotopic (exact) mass is 1630 g/mol. The summed E-state index contributed by atoms with van der Waals surface area (Å²) in [6.07, 6.45) is 21.1. The highest BCUT2D eigenvalue weighted by Gasteiger charge is 2.27. The predicted molar refractivity (Wildman–Crippen MR) is 500 cm³/mol. The van der Waals surface area contributed by atoms with Crippen LogP contribution in [0.4, 0.5) is 0 Å². The molecule has 0 bridgehead atoms. The summed E-state index contributed by atoms with van der Waals surface area (Å²) in [5.74, 6) is 0. The molecule has 15 aromatic heterocycles. The number of furan rings is 5. The highest BCUT2D eigenvalue weighted by Crippen LogP contribution is 2.44. The number of hydrogen-bond donors (Lipinski definition) is 0. The van der Waals surface area contributed by atoms with Crippen molar-refractivity contribution in [2.45, 2.75) is 34.6 Å². The first-order valence-corrected chi connectivity index (χ1v) is 41.7. The molecule has 0 aliphatic heterocycles. The second-order valence-electron chi connectivity index (χ2n) is 32.3. The van der Waals surface area contributed by atoms with E-state index in [1.807, 2.05) is 140 Å². The first-order chi connectivity index (χ1) is 61.1. The highest BCUT2D eigenvalue weighted by molar-refractivity contribution is 6.17. The zero-order valence-corrected chi connectivity index (χ0v) is 70.6. The number of nitrogens with zero attached hydrogens (tertiary/aromatic N) is 11. The van der Waals surface area contributed by atoms with Gasteiger partial charge in [0.05, 0.1) is 51.4 Å². The quantitative estimate of drug-likeness (QED) is 0.151. The number of para-hydroxylation sites is 2. The van der Waals surface area contributed by atoms with Crippen LogP contribution in [-0.4, -0.2) is 29.9 Å². The van der Waals surface area contributed by atoms with E-state index in [4.69, 9.17) is 32.1 Å². The second kappa shape index (κ2) is 31.2. The lowest BCUT2D eigenvalue weighted by Crippen LogP contribution is -2.31. The number of aryl methyl sites for hydroxylation is 10. The molecular formula is C109H84N11O5+5. The Hall–Kier alpha value is -16.1. The van der Waals surface area contributed by atoms with Crippen molar-refractivity contribution >= 4 is 164 Å². The van der Waals surface area contributed by atoms with Crippen LogP contribution in [-0.2, 0) is 35.2 Å². The highest BCUT2D eigenvalue weighted by atomic mass is 16.3. The van der Waals surface area contributed by atoms with Crippen molar-refractivity contribution < 1.29 is 44.9 Å². The SMILES string of the molecule is Cc1ccc2c(oc3cc4ccccc4nc32)c1-c1cccc[n+]1C.Cc1ccc2c(oc3cc4cccnc4cc32)c1-c1cccc[n+]1C.Cc1ccc2c(oc3cc4ccncc4cc32)c1-c1cccc[n+]1C.Cc1ccc2c(oc3cc4cnccc4cc32)c1-c1cccc[n+]1C.Cc1ccc2c(oc3nc4ccccc4cc32)c1-c1ccnc[n+]1C. The van der Waals surface area contributed by atoms with Crippen LogP contribution in [0.1, 0.15) is 27.8 Å². The maximum absolute atomic E-state index is 6.35. The van der Waals surface area contributed by atoms with E-state index in [0.717, 1.165) is 215 Å². The lowest BCUT2D eigenvalue weighted by atomic mass is 10.00. The van der Waals surface area contributed by atoms with Gasteiger partial charge in [0, 0.05) is 161 Å². The molecule has 25 aromatic rings. The lowest BCUT2D eigenvalue weighted by molar-refractivity contribution is -0.663. The Bertz CT molecular complexity index is 7510. The van der Waals surface area contributed by atoms with E-state index < -0.39 is 0 Å². The van der Waals surface area contributed by atoms with Crippen LogP contribution in [0.2, 0.25) is 0 Å².